The standard InChI is InChI=1S/C22H28N2O/c25-22(21-16-15-17-9-7-8-14-20(17)23-21)24(18-10-3-1-4-11-18)19-12-5-2-6-13-19/h7-9,14-16,18-19H,1-6,10-13H2. The van der Waals surface area contributed by atoms with Gasteiger partial charge in [0.2, 0.25) is 0 Å². The molecule has 0 saturated heterocycles. The van der Waals surface area contributed by atoms with Crippen LogP contribution in [-0.4, -0.2) is 27.9 Å². The zero-order valence-electron chi connectivity index (χ0n) is 15.0. The molecule has 1 aromatic heterocycles. The first-order chi connectivity index (χ1) is 12.3. The predicted octanol–water partition coefficient (Wildman–Crippen LogP) is 5.34. The second-order valence-corrected chi connectivity index (χ2v) is 7.69. The third-order valence-corrected chi connectivity index (χ3v) is 5.99. The number of pyridine rings is 1. The first-order valence-corrected chi connectivity index (χ1v) is 10.0. The van der Waals surface area contributed by atoms with E-state index in [0.29, 0.717) is 17.8 Å². The van der Waals surface area contributed by atoms with Gasteiger partial charge in [-0.05, 0) is 37.8 Å². The van der Waals surface area contributed by atoms with Gasteiger partial charge in [0.15, 0.2) is 0 Å². The van der Waals surface area contributed by atoms with E-state index >= 15 is 0 Å². The van der Waals surface area contributed by atoms with E-state index in [0.717, 1.165) is 36.6 Å². The third-order valence-electron chi connectivity index (χ3n) is 5.99. The summed E-state index contributed by atoms with van der Waals surface area (Å²) in [6.07, 6.45) is 12.3. The number of hydrogen-bond donors (Lipinski definition) is 0. The third kappa shape index (κ3) is 3.56. The number of aromatic nitrogens is 1. The van der Waals surface area contributed by atoms with Crippen LogP contribution in [0.15, 0.2) is 36.4 Å². The van der Waals surface area contributed by atoms with Gasteiger partial charge in [-0.1, -0.05) is 62.8 Å². The molecule has 2 fully saturated rings. The molecule has 2 aliphatic carbocycles. The van der Waals surface area contributed by atoms with Crippen molar-refractivity contribution < 1.29 is 4.79 Å². The molecule has 0 atom stereocenters. The van der Waals surface area contributed by atoms with E-state index in [1.165, 1.54) is 38.5 Å². The summed E-state index contributed by atoms with van der Waals surface area (Å²) in [6, 6.07) is 12.8. The number of nitrogens with zero attached hydrogens (tertiary/aromatic N) is 2. The minimum Gasteiger partial charge on any atom is -0.331 e. The average Bonchev–Trinajstić information content (AvgIpc) is 2.69. The number of amides is 1. The van der Waals surface area contributed by atoms with Crippen LogP contribution in [0.5, 0.6) is 0 Å². The maximum absolute atomic E-state index is 13.5. The smallest absolute Gasteiger partial charge is 0.272 e. The maximum atomic E-state index is 13.5. The molecule has 0 bridgehead atoms. The summed E-state index contributed by atoms with van der Waals surface area (Å²) < 4.78 is 0. The van der Waals surface area contributed by atoms with Gasteiger partial charge in [-0.25, -0.2) is 4.98 Å². The molecule has 2 saturated carbocycles. The summed E-state index contributed by atoms with van der Waals surface area (Å²) in [6.45, 7) is 0. The van der Waals surface area contributed by atoms with E-state index in [1.54, 1.807) is 0 Å². The first kappa shape index (κ1) is 16.6. The van der Waals surface area contributed by atoms with Crippen LogP contribution in [0.2, 0.25) is 0 Å². The maximum Gasteiger partial charge on any atom is 0.272 e. The summed E-state index contributed by atoms with van der Waals surface area (Å²) in [5.41, 5.74) is 1.54. The number of carbonyl (C=O) groups excluding carboxylic acids is 1. The molecule has 3 heteroatoms. The molecule has 132 valence electrons. The Morgan fingerprint density at radius 3 is 2.04 bits per heavy atom. The minimum absolute atomic E-state index is 0.157. The fraction of sp³-hybridized carbons (Fsp3) is 0.545. The molecule has 2 aromatic rings. The normalized spacial score (nSPS) is 19.8. The molecule has 1 aromatic carbocycles. The number of hydrogen-bond acceptors (Lipinski definition) is 2. The monoisotopic (exact) mass is 336 g/mol. The molecule has 0 spiro atoms. The molecule has 0 radical (unpaired) electrons. The number of rotatable bonds is 3. The average molecular weight is 336 g/mol. The van der Waals surface area contributed by atoms with Crippen molar-refractivity contribution in [2.75, 3.05) is 0 Å². The van der Waals surface area contributed by atoms with Crippen LogP contribution >= 0.6 is 0 Å². The van der Waals surface area contributed by atoms with Crippen molar-refractivity contribution in [3.8, 4) is 0 Å². The summed E-state index contributed by atoms with van der Waals surface area (Å²) in [5, 5.41) is 1.10. The largest absolute Gasteiger partial charge is 0.331 e. The Balaban J connectivity index is 1.65. The zero-order valence-corrected chi connectivity index (χ0v) is 15.0. The molecule has 2 aliphatic rings. The van der Waals surface area contributed by atoms with Gasteiger partial charge < -0.3 is 4.90 Å². The number of fused-ring (bicyclic) bond motifs is 1. The molecule has 0 aliphatic heterocycles. The van der Waals surface area contributed by atoms with Crippen molar-refractivity contribution in [3.63, 3.8) is 0 Å². The van der Waals surface area contributed by atoms with Gasteiger partial charge in [0, 0.05) is 17.5 Å². The van der Waals surface area contributed by atoms with Crippen LogP contribution in [0.4, 0.5) is 0 Å². The Bertz CT molecular complexity index is 712. The summed E-state index contributed by atoms with van der Waals surface area (Å²) in [4.78, 5) is 20.4. The lowest BCUT2D eigenvalue weighted by Crippen LogP contribution is -2.49. The van der Waals surface area contributed by atoms with Gasteiger partial charge in [-0.2, -0.15) is 0 Å². The lowest BCUT2D eigenvalue weighted by molar-refractivity contribution is 0.0443. The quantitative estimate of drug-likeness (QED) is 0.757. The molecule has 1 amide bonds. The second-order valence-electron chi connectivity index (χ2n) is 7.69. The van der Waals surface area contributed by atoms with Crippen molar-refractivity contribution >= 4 is 16.8 Å². The molecule has 0 N–H and O–H groups in total. The fourth-order valence-corrected chi connectivity index (χ4v) is 4.67. The Hall–Kier alpha value is -1.90. The van der Waals surface area contributed by atoms with E-state index in [1.807, 2.05) is 30.3 Å². The van der Waals surface area contributed by atoms with E-state index in [4.69, 9.17) is 4.98 Å². The Labute approximate surface area is 150 Å². The molecular weight excluding hydrogens is 308 g/mol. The number of carbonyl (C=O) groups is 1. The zero-order chi connectivity index (χ0) is 17.1. The molecule has 0 unspecified atom stereocenters. The summed E-state index contributed by atoms with van der Waals surface area (Å²) in [7, 11) is 0. The van der Waals surface area contributed by atoms with Crippen LogP contribution in [0.3, 0.4) is 0 Å². The topological polar surface area (TPSA) is 33.2 Å². The van der Waals surface area contributed by atoms with Gasteiger partial charge in [0.25, 0.3) is 5.91 Å². The van der Waals surface area contributed by atoms with Crippen molar-refractivity contribution in [1.29, 1.82) is 0 Å². The van der Waals surface area contributed by atoms with E-state index in [2.05, 4.69) is 11.0 Å². The summed E-state index contributed by atoms with van der Waals surface area (Å²) >= 11 is 0. The van der Waals surface area contributed by atoms with Gasteiger partial charge in [-0.15, -0.1) is 0 Å². The number of para-hydroxylation sites is 1. The molecule has 1 heterocycles. The van der Waals surface area contributed by atoms with E-state index in [9.17, 15) is 4.79 Å². The van der Waals surface area contributed by atoms with Crippen molar-refractivity contribution in [3.05, 3.63) is 42.1 Å². The lowest BCUT2D eigenvalue weighted by atomic mass is 9.88. The van der Waals surface area contributed by atoms with Crippen LogP contribution in [0, 0.1) is 0 Å². The highest BCUT2D eigenvalue weighted by Crippen LogP contribution is 2.31. The van der Waals surface area contributed by atoms with Gasteiger partial charge in [0.1, 0.15) is 5.69 Å². The van der Waals surface area contributed by atoms with Gasteiger partial charge in [0.05, 0.1) is 5.52 Å². The van der Waals surface area contributed by atoms with Crippen LogP contribution in [0.1, 0.15) is 74.7 Å². The fourth-order valence-electron chi connectivity index (χ4n) is 4.67. The summed E-state index contributed by atoms with van der Waals surface area (Å²) in [5.74, 6) is 0.157. The predicted molar refractivity (Wildman–Crippen MR) is 102 cm³/mol. The highest BCUT2D eigenvalue weighted by atomic mass is 16.2. The first-order valence-electron chi connectivity index (χ1n) is 10.0. The molecule has 25 heavy (non-hydrogen) atoms. The molecule has 4 rings (SSSR count). The van der Waals surface area contributed by atoms with Crippen molar-refractivity contribution in [2.45, 2.75) is 76.3 Å². The Morgan fingerprint density at radius 1 is 0.800 bits per heavy atom. The van der Waals surface area contributed by atoms with Crippen molar-refractivity contribution in [1.82, 2.24) is 9.88 Å². The van der Waals surface area contributed by atoms with E-state index in [-0.39, 0.29) is 5.91 Å². The van der Waals surface area contributed by atoms with Crippen LogP contribution < -0.4 is 0 Å². The SMILES string of the molecule is O=C(c1ccc2ccccc2n1)N(C1CCCCC1)C1CCCCC1. The second kappa shape index (κ2) is 7.55. The molecule has 3 nitrogen and oxygen atoms in total. The Morgan fingerprint density at radius 2 is 1.40 bits per heavy atom. The van der Waals surface area contributed by atoms with Gasteiger partial charge in [-0.3, -0.25) is 4.79 Å². The Kier molecular flexibility index (Phi) is 5.00. The number of benzene rings is 1. The van der Waals surface area contributed by atoms with Gasteiger partial charge >= 0.3 is 0 Å². The minimum atomic E-state index is 0.157. The van der Waals surface area contributed by atoms with Crippen LogP contribution in [0.25, 0.3) is 10.9 Å². The highest BCUT2D eigenvalue weighted by Gasteiger charge is 2.33. The van der Waals surface area contributed by atoms with Crippen LogP contribution in [-0.2, 0) is 0 Å². The lowest BCUT2D eigenvalue weighted by Gasteiger charge is -2.41. The highest BCUT2D eigenvalue weighted by molar-refractivity contribution is 5.95. The molecular formula is C22H28N2O. The van der Waals surface area contributed by atoms with Crippen molar-refractivity contribution in [2.24, 2.45) is 0 Å². The van der Waals surface area contributed by atoms with E-state index < -0.39 is 0 Å².